The van der Waals surface area contributed by atoms with Gasteiger partial charge in [0.1, 0.15) is 11.5 Å². The molecule has 26 heavy (non-hydrogen) atoms. The zero-order chi connectivity index (χ0) is 18.2. The van der Waals surface area contributed by atoms with Crippen molar-refractivity contribution in [3.8, 4) is 0 Å². The molecule has 6 nitrogen and oxygen atoms in total. The monoisotopic (exact) mass is 358 g/mol. The molecule has 0 radical (unpaired) electrons. The minimum absolute atomic E-state index is 0.571. The lowest BCUT2D eigenvalue weighted by atomic mass is 9.89. The average molecular weight is 358 g/mol. The quantitative estimate of drug-likeness (QED) is 0.582. The number of hydrogen-bond acceptors (Lipinski definition) is 4. The Kier molecular flexibility index (Phi) is 6.75. The summed E-state index contributed by atoms with van der Waals surface area (Å²) in [4.78, 5) is 4.75. The SMILES string of the molecule is Cc1noc(C)c1CN=C(NCCc1ccco1)NCC1CCCCC1. The van der Waals surface area contributed by atoms with Crippen molar-refractivity contribution in [2.75, 3.05) is 13.1 Å². The molecule has 0 aliphatic heterocycles. The first-order valence-corrected chi connectivity index (χ1v) is 9.68. The molecule has 2 heterocycles. The molecule has 1 saturated carbocycles. The summed E-state index contributed by atoms with van der Waals surface area (Å²) < 4.78 is 10.6. The number of furan rings is 1. The summed E-state index contributed by atoms with van der Waals surface area (Å²) in [6.45, 7) is 6.23. The lowest BCUT2D eigenvalue weighted by molar-refractivity contribution is 0.355. The van der Waals surface area contributed by atoms with Gasteiger partial charge in [-0.1, -0.05) is 24.4 Å². The molecule has 0 aromatic carbocycles. The molecule has 2 N–H and O–H groups in total. The summed E-state index contributed by atoms with van der Waals surface area (Å²) in [5.41, 5.74) is 1.98. The van der Waals surface area contributed by atoms with E-state index in [2.05, 4.69) is 15.8 Å². The molecule has 3 rings (SSSR count). The molecule has 2 aromatic rings. The lowest BCUT2D eigenvalue weighted by Gasteiger charge is -2.23. The average Bonchev–Trinajstić information content (AvgIpc) is 3.28. The van der Waals surface area contributed by atoms with Crippen LogP contribution in [0.1, 0.15) is 54.9 Å². The number of guanidine groups is 1. The Labute approximate surface area is 155 Å². The van der Waals surface area contributed by atoms with Crippen LogP contribution in [0.2, 0.25) is 0 Å². The molecule has 0 atom stereocenters. The van der Waals surface area contributed by atoms with Gasteiger partial charge in [-0.05, 0) is 44.7 Å². The molecule has 0 spiro atoms. The van der Waals surface area contributed by atoms with Gasteiger partial charge in [0, 0.05) is 25.1 Å². The Morgan fingerprint density at radius 3 is 2.77 bits per heavy atom. The molecule has 1 aliphatic rings. The van der Waals surface area contributed by atoms with Crippen molar-refractivity contribution in [1.29, 1.82) is 0 Å². The van der Waals surface area contributed by atoms with Crippen molar-refractivity contribution in [3.05, 3.63) is 41.2 Å². The van der Waals surface area contributed by atoms with Gasteiger partial charge in [-0.15, -0.1) is 0 Å². The van der Waals surface area contributed by atoms with Crippen molar-refractivity contribution in [1.82, 2.24) is 15.8 Å². The summed E-state index contributed by atoms with van der Waals surface area (Å²) in [5.74, 6) is 3.42. The number of hydrogen-bond donors (Lipinski definition) is 2. The van der Waals surface area contributed by atoms with Gasteiger partial charge < -0.3 is 19.6 Å². The van der Waals surface area contributed by atoms with Crippen molar-refractivity contribution in [2.45, 2.75) is 58.9 Å². The second-order valence-corrected chi connectivity index (χ2v) is 7.11. The summed E-state index contributed by atoms with van der Waals surface area (Å²) in [6.07, 6.45) is 9.26. The van der Waals surface area contributed by atoms with E-state index in [0.717, 1.165) is 54.2 Å². The highest BCUT2D eigenvalue weighted by molar-refractivity contribution is 5.79. The lowest BCUT2D eigenvalue weighted by Crippen LogP contribution is -2.41. The first-order valence-electron chi connectivity index (χ1n) is 9.68. The van der Waals surface area contributed by atoms with Gasteiger partial charge in [0.15, 0.2) is 5.96 Å². The fourth-order valence-electron chi connectivity index (χ4n) is 3.45. The minimum Gasteiger partial charge on any atom is -0.469 e. The van der Waals surface area contributed by atoms with E-state index in [0.29, 0.717) is 6.54 Å². The van der Waals surface area contributed by atoms with E-state index in [1.165, 1.54) is 32.1 Å². The van der Waals surface area contributed by atoms with Crippen LogP contribution in [0, 0.1) is 19.8 Å². The third kappa shape index (κ3) is 5.38. The number of nitrogens with one attached hydrogen (secondary N) is 2. The van der Waals surface area contributed by atoms with Crippen molar-refractivity contribution >= 4 is 5.96 Å². The van der Waals surface area contributed by atoms with Crippen LogP contribution in [0.4, 0.5) is 0 Å². The number of aromatic nitrogens is 1. The summed E-state index contributed by atoms with van der Waals surface area (Å²) in [7, 11) is 0. The third-order valence-corrected chi connectivity index (χ3v) is 5.10. The normalized spacial score (nSPS) is 16.0. The van der Waals surface area contributed by atoms with Crippen LogP contribution < -0.4 is 10.6 Å². The molecule has 1 fully saturated rings. The second kappa shape index (κ2) is 9.46. The molecule has 142 valence electrons. The standard InChI is InChI=1S/C20H30N4O2/c1-15-19(16(2)26-24-15)14-23-20(21-11-10-18-9-6-12-25-18)22-13-17-7-4-3-5-8-17/h6,9,12,17H,3-5,7-8,10-11,13-14H2,1-2H3,(H2,21,22,23). The van der Waals surface area contributed by atoms with Gasteiger partial charge in [-0.3, -0.25) is 0 Å². The van der Waals surface area contributed by atoms with Gasteiger partial charge in [-0.25, -0.2) is 4.99 Å². The summed E-state index contributed by atoms with van der Waals surface area (Å²) in [5, 5.41) is 11.0. The van der Waals surface area contributed by atoms with Crippen LogP contribution in [-0.2, 0) is 13.0 Å². The summed E-state index contributed by atoms with van der Waals surface area (Å²) in [6, 6.07) is 3.92. The molecule has 0 unspecified atom stereocenters. The van der Waals surface area contributed by atoms with Crippen LogP contribution >= 0.6 is 0 Å². The number of aryl methyl sites for hydroxylation is 2. The van der Waals surface area contributed by atoms with E-state index in [-0.39, 0.29) is 0 Å². The molecular formula is C20H30N4O2. The van der Waals surface area contributed by atoms with Gasteiger partial charge >= 0.3 is 0 Å². The van der Waals surface area contributed by atoms with Crippen molar-refractivity contribution < 1.29 is 8.94 Å². The fraction of sp³-hybridized carbons (Fsp3) is 0.600. The van der Waals surface area contributed by atoms with Crippen LogP contribution in [-0.4, -0.2) is 24.2 Å². The Hall–Kier alpha value is -2.24. The van der Waals surface area contributed by atoms with Gasteiger partial charge in [0.25, 0.3) is 0 Å². The minimum atomic E-state index is 0.571. The fourth-order valence-corrected chi connectivity index (χ4v) is 3.45. The van der Waals surface area contributed by atoms with Gasteiger partial charge in [0.05, 0.1) is 18.5 Å². The zero-order valence-electron chi connectivity index (χ0n) is 15.9. The molecular weight excluding hydrogens is 328 g/mol. The van der Waals surface area contributed by atoms with E-state index in [4.69, 9.17) is 13.9 Å². The highest BCUT2D eigenvalue weighted by atomic mass is 16.5. The van der Waals surface area contributed by atoms with E-state index >= 15 is 0 Å². The molecule has 0 amide bonds. The first-order chi connectivity index (χ1) is 12.7. The zero-order valence-corrected chi connectivity index (χ0v) is 15.9. The maximum Gasteiger partial charge on any atom is 0.191 e. The number of rotatable bonds is 7. The second-order valence-electron chi connectivity index (χ2n) is 7.11. The molecule has 6 heteroatoms. The van der Waals surface area contributed by atoms with E-state index in [1.807, 2.05) is 26.0 Å². The van der Waals surface area contributed by atoms with Crippen LogP contribution in [0.15, 0.2) is 32.3 Å². The van der Waals surface area contributed by atoms with E-state index < -0.39 is 0 Å². The van der Waals surface area contributed by atoms with Crippen LogP contribution in [0.5, 0.6) is 0 Å². The summed E-state index contributed by atoms with van der Waals surface area (Å²) >= 11 is 0. The van der Waals surface area contributed by atoms with Crippen LogP contribution in [0.25, 0.3) is 0 Å². The molecule has 0 saturated heterocycles. The Bertz CT molecular complexity index is 665. The highest BCUT2D eigenvalue weighted by Crippen LogP contribution is 2.22. The van der Waals surface area contributed by atoms with Crippen molar-refractivity contribution in [3.63, 3.8) is 0 Å². The first kappa shape index (κ1) is 18.5. The van der Waals surface area contributed by atoms with Crippen molar-refractivity contribution in [2.24, 2.45) is 10.9 Å². The van der Waals surface area contributed by atoms with Gasteiger partial charge in [0.2, 0.25) is 0 Å². The topological polar surface area (TPSA) is 75.6 Å². The Morgan fingerprint density at radius 1 is 1.23 bits per heavy atom. The predicted molar refractivity (Wildman–Crippen MR) is 102 cm³/mol. The third-order valence-electron chi connectivity index (χ3n) is 5.10. The predicted octanol–water partition coefficient (Wildman–Crippen LogP) is 3.74. The molecule has 0 bridgehead atoms. The maximum absolute atomic E-state index is 5.40. The smallest absolute Gasteiger partial charge is 0.191 e. The maximum atomic E-state index is 5.40. The van der Waals surface area contributed by atoms with Gasteiger partial charge in [-0.2, -0.15) is 0 Å². The van der Waals surface area contributed by atoms with Crippen LogP contribution in [0.3, 0.4) is 0 Å². The van der Waals surface area contributed by atoms with E-state index in [1.54, 1.807) is 6.26 Å². The molecule has 2 aromatic heterocycles. The number of aliphatic imine (C=N–C) groups is 1. The Morgan fingerprint density at radius 2 is 2.08 bits per heavy atom. The largest absolute Gasteiger partial charge is 0.469 e. The molecule has 1 aliphatic carbocycles. The van der Waals surface area contributed by atoms with E-state index in [9.17, 15) is 0 Å². The highest BCUT2D eigenvalue weighted by Gasteiger charge is 2.14. The number of nitrogens with zero attached hydrogens (tertiary/aromatic N) is 2. The Balaban J connectivity index is 1.56.